The van der Waals surface area contributed by atoms with Crippen molar-refractivity contribution < 1.29 is 4.39 Å². The standard InChI is InChI=1S/C30H24FN9/c1-18-16-40(17-35-18)25-7-8-34-29-28(25)36-30(37-29)27-23-10-21(11-24(31)26(23)38-39-27)22-9-20(14-33-15-22)13-32-12-19-5-3-2-4-6-19/h2-11,14-17,32H,12-13H2,1H3,(H,38,39)(H,34,36,37). The van der Waals surface area contributed by atoms with Crippen LogP contribution in [0.1, 0.15) is 16.8 Å². The first-order chi connectivity index (χ1) is 19.6. The third-order valence-electron chi connectivity index (χ3n) is 6.84. The highest BCUT2D eigenvalue weighted by atomic mass is 19.1. The number of aromatic amines is 2. The molecule has 0 unspecified atom stereocenters. The number of nitrogens with one attached hydrogen (secondary N) is 3. The zero-order chi connectivity index (χ0) is 27.1. The van der Waals surface area contributed by atoms with Crippen molar-refractivity contribution in [1.82, 2.24) is 45.0 Å². The number of hydrogen-bond donors (Lipinski definition) is 3. The summed E-state index contributed by atoms with van der Waals surface area (Å²) in [7, 11) is 0. The molecule has 0 aliphatic rings. The highest BCUT2D eigenvalue weighted by molar-refractivity contribution is 5.96. The Morgan fingerprint density at radius 1 is 0.950 bits per heavy atom. The summed E-state index contributed by atoms with van der Waals surface area (Å²) < 4.78 is 17.2. The molecule has 40 heavy (non-hydrogen) atoms. The average Bonchev–Trinajstić information content (AvgIpc) is 3.71. The number of hydrogen-bond acceptors (Lipinski definition) is 6. The summed E-state index contributed by atoms with van der Waals surface area (Å²) in [5.74, 6) is 0.0919. The smallest absolute Gasteiger partial charge is 0.180 e. The van der Waals surface area contributed by atoms with Crippen molar-refractivity contribution in [2.75, 3.05) is 0 Å². The summed E-state index contributed by atoms with van der Waals surface area (Å²) in [6, 6.07) is 17.5. The first-order valence-corrected chi connectivity index (χ1v) is 12.8. The van der Waals surface area contributed by atoms with Gasteiger partial charge in [0.1, 0.15) is 16.7 Å². The van der Waals surface area contributed by atoms with E-state index in [-0.39, 0.29) is 5.52 Å². The number of pyridine rings is 2. The molecule has 0 atom stereocenters. The van der Waals surface area contributed by atoms with Crippen LogP contribution in [0.5, 0.6) is 0 Å². The minimum Gasteiger partial charge on any atom is -0.334 e. The maximum Gasteiger partial charge on any atom is 0.180 e. The van der Waals surface area contributed by atoms with E-state index in [9.17, 15) is 0 Å². The van der Waals surface area contributed by atoms with E-state index in [1.807, 2.05) is 60.3 Å². The van der Waals surface area contributed by atoms with E-state index in [2.05, 4.69) is 52.6 Å². The number of nitrogens with zero attached hydrogens (tertiary/aromatic N) is 6. The van der Waals surface area contributed by atoms with Crippen LogP contribution in [-0.4, -0.2) is 39.7 Å². The fourth-order valence-electron chi connectivity index (χ4n) is 4.90. The van der Waals surface area contributed by atoms with Gasteiger partial charge in [0, 0.05) is 48.8 Å². The van der Waals surface area contributed by atoms with E-state index >= 15 is 4.39 Å². The van der Waals surface area contributed by atoms with Gasteiger partial charge in [-0.1, -0.05) is 30.3 Å². The molecule has 0 aliphatic heterocycles. The summed E-state index contributed by atoms with van der Waals surface area (Å²) in [4.78, 5) is 21.2. The number of imidazole rings is 2. The van der Waals surface area contributed by atoms with E-state index in [0.717, 1.165) is 34.6 Å². The summed E-state index contributed by atoms with van der Waals surface area (Å²) >= 11 is 0. The van der Waals surface area contributed by atoms with Crippen LogP contribution in [0.4, 0.5) is 4.39 Å². The molecule has 0 saturated carbocycles. The van der Waals surface area contributed by atoms with Crippen molar-refractivity contribution in [1.29, 1.82) is 0 Å². The van der Waals surface area contributed by atoms with E-state index in [1.54, 1.807) is 18.7 Å². The van der Waals surface area contributed by atoms with Gasteiger partial charge in [-0.3, -0.25) is 10.1 Å². The third-order valence-corrected chi connectivity index (χ3v) is 6.84. The van der Waals surface area contributed by atoms with Crippen LogP contribution >= 0.6 is 0 Å². The fraction of sp³-hybridized carbons (Fsp3) is 0.100. The van der Waals surface area contributed by atoms with Crippen molar-refractivity contribution in [3.05, 3.63) is 108 Å². The molecule has 3 N–H and O–H groups in total. The second-order valence-electron chi connectivity index (χ2n) is 9.66. The maximum atomic E-state index is 15.3. The lowest BCUT2D eigenvalue weighted by molar-refractivity contribution is 0.636. The molecule has 0 saturated heterocycles. The normalized spacial score (nSPS) is 11.6. The molecule has 5 heterocycles. The molecule has 7 aromatic rings. The van der Waals surface area contributed by atoms with Gasteiger partial charge in [0.25, 0.3) is 0 Å². The van der Waals surface area contributed by atoms with Gasteiger partial charge in [-0.05, 0) is 47.9 Å². The monoisotopic (exact) mass is 529 g/mol. The molecule has 0 radical (unpaired) electrons. The lowest BCUT2D eigenvalue weighted by Crippen LogP contribution is -2.12. The summed E-state index contributed by atoms with van der Waals surface area (Å²) in [5.41, 5.74) is 7.60. The lowest BCUT2D eigenvalue weighted by Gasteiger charge is -2.08. The number of rotatable bonds is 7. The zero-order valence-corrected chi connectivity index (χ0v) is 21.6. The van der Waals surface area contributed by atoms with Gasteiger partial charge in [0.15, 0.2) is 17.3 Å². The molecule has 0 amide bonds. The summed E-state index contributed by atoms with van der Waals surface area (Å²) in [6.07, 6.45) is 8.94. The third kappa shape index (κ3) is 4.40. The minimum absolute atomic E-state index is 0.242. The van der Waals surface area contributed by atoms with E-state index in [4.69, 9.17) is 0 Å². The number of aromatic nitrogens is 8. The van der Waals surface area contributed by atoms with Gasteiger partial charge in [-0.25, -0.2) is 19.3 Å². The highest BCUT2D eigenvalue weighted by Gasteiger charge is 2.18. The fourth-order valence-corrected chi connectivity index (χ4v) is 4.90. The maximum absolute atomic E-state index is 15.3. The topological polar surface area (TPSA) is 113 Å². The van der Waals surface area contributed by atoms with E-state index in [0.29, 0.717) is 34.7 Å². The predicted molar refractivity (Wildman–Crippen MR) is 151 cm³/mol. The van der Waals surface area contributed by atoms with Crippen molar-refractivity contribution in [2.45, 2.75) is 20.0 Å². The lowest BCUT2D eigenvalue weighted by atomic mass is 10.0. The van der Waals surface area contributed by atoms with Crippen molar-refractivity contribution >= 4 is 22.1 Å². The van der Waals surface area contributed by atoms with Gasteiger partial charge >= 0.3 is 0 Å². The molecule has 10 heteroatoms. The molecular weight excluding hydrogens is 505 g/mol. The van der Waals surface area contributed by atoms with Crippen molar-refractivity contribution in [2.24, 2.45) is 0 Å². The Morgan fingerprint density at radius 2 is 1.82 bits per heavy atom. The number of H-pyrrole nitrogens is 2. The molecule has 196 valence electrons. The first-order valence-electron chi connectivity index (χ1n) is 12.8. The molecule has 0 spiro atoms. The van der Waals surface area contributed by atoms with Crippen LogP contribution in [0.25, 0.3) is 50.4 Å². The van der Waals surface area contributed by atoms with Gasteiger partial charge in [-0.2, -0.15) is 5.10 Å². The summed E-state index contributed by atoms with van der Waals surface area (Å²) in [5, 5.41) is 11.3. The molecule has 7 rings (SSSR count). The Labute approximate surface area is 228 Å². The summed E-state index contributed by atoms with van der Waals surface area (Å²) in [6.45, 7) is 3.32. The largest absolute Gasteiger partial charge is 0.334 e. The van der Waals surface area contributed by atoms with Crippen molar-refractivity contribution in [3.63, 3.8) is 0 Å². The van der Waals surface area contributed by atoms with Crippen LogP contribution in [0.3, 0.4) is 0 Å². The Morgan fingerprint density at radius 3 is 2.67 bits per heavy atom. The molecule has 5 aromatic heterocycles. The number of benzene rings is 2. The predicted octanol–water partition coefficient (Wildman–Crippen LogP) is 5.49. The second kappa shape index (κ2) is 9.83. The van der Waals surface area contributed by atoms with Gasteiger partial charge in [0.05, 0.1) is 17.7 Å². The zero-order valence-electron chi connectivity index (χ0n) is 21.6. The second-order valence-corrected chi connectivity index (χ2v) is 9.66. The van der Waals surface area contributed by atoms with Crippen LogP contribution in [0, 0.1) is 12.7 Å². The Hall–Kier alpha value is -5.22. The van der Waals surface area contributed by atoms with E-state index in [1.165, 1.54) is 11.6 Å². The van der Waals surface area contributed by atoms with Crippen molar-refractivity contribution in [3.8, 4) is 28.3 Å². The quantitative estimate of drug-likeness (QED) is 0.252. The number of halogens is 1. The number of fused-ring (bicyclic) bond motifs is 2. The minimum atomic E-state index is -0.425. The number of aryl methyl sites for hydroxylation is 1. The molecule has 0 fully saturated rings. The molecule has 2 aromatic carbocycles. The molecule has 0 aliphatic carbocycles. The molecule has 0 bridgehead atoms. The van der Waals surface area contributed by atoms with Crippen LogP contribution < -0.4 is 5.32 Å². The van der Waals surface area contributed by atoms with E-state index < -0.39 is 5.82 Å². The Kier molecular flexibility index (Phi) is 5.86. The highest BCUT2D eigenvalue weighted by Crippen LogP contribution is 2.32. The van der Waals surface area contributed by atoms with Crippen LogP contribution in [0.15, 0.2) is 85.7 Å². The SMILES string of the molecule is Cc1cn(-c2ccnc3nc(-c4[nH]nc5c(F)cc(-c6cncc(CNCc7ccccc7)c6)cc45)[nH]c23)cn1. The van der Waals surface area contributed by atoms with Gasteiger partial charge in [-0.15, -0.1) is 0 Å². The first kappa shape index (κ1) is 23.9. The average molecular weight is 530 g/mol. The van der Waals surface area contributed by atoms with Crippen LogP contribution in [0.2, 0.25) is 0 Å². The Balaban J connectivity index is 1.23. The molecular formula is C30H24FN9. The van der Waals surface area contributed by atoms with Gasteiger partial charge < -0.3 is 14.9 Å². The molecule has 9 nitrogen and oxygen atoms in total. The van der Waals surface area contributed by atoms with Gasteiger partial charge in [0.2, 0.25) is 0 Å². The Bertz CT molecular complexity index is 1970. The van der Waals surface area contributed by atoms with Crippen LogP contribution in [-0.2, 0) is 13.1 Å².